The van der Waals surface area contributed by atoms with Gasteiger partial charge in [-0.25, -0.2) is 0 Å². The molecule has 0 bridgehead atoms. The van der Waals surface area contributed by atoms with E-state index >= 15 is 0 Å². The Kier molecular flexibility index (Phi) is 7.72. The molecule has 5 aromatic rings. The average molecular weight is 654 g/mol. The second-order valence-electron chi connectivity index (χ2n) is 9.53. The third-order valence-electron chi connectivity index (χ3n) is 6.20. The summed E-state index contributed by atoms with van der Waals surface area (Å²) >= 11 is 0. The van der Waals surface area contributed by atoms with E-state index in [4.69, 9.17) is 18.9 Å². The molecular weight excluding hydrogens is 632 g/mol. The second-order valence-corrected chi connectivity index (χ2v) is 9.53. The van der Waals surface area contributed by atoms with Gasteiger partial charge >= 0.3 is 0 Å². The minimum absolute atomic E-state index is 0.329. The topological polar surface area (TPSA) is 300 Å². The number of phenols is 13. The minimum atomic E-state index is -1.14. The normalized spacial score (nSPS) is 10.8. The Hall–Kier alpha value is -7.30. The molecule has 0 aliphatic carbocycles. The fourth-order valence-corrected chi connectivity index (χ4v) is 4.00. The van der Waals surface area contributed by atoms with E-state index in [2.05, 4.69) is 0 Å². The summed E-state index contributed by atoms with van der Waals surface area (Å²) in [6.07, 6.45) is 0. The van der Waals surface area contributed by atoms with E-state index in [-0.39, 0.29) is 11.5 Å². The highest BCUT2D eigenvalue weighted by molar-refractivity contribution is 5.68. The first-order chi connectivity index (χ1) is 22.1. The summed E-state index contributed by atoms with van der Waals surface area (Å²) in [5, 5.41) is 131. The van der Waals surface area contributed by atoms with Crippen LogP contribution in [0.1, 0.15) is 0 Å². The maximum atomic E-state index is 10.6. The lowest BCUT2D eigenvalue weighted by Gasteiger charge is -2.18. The molecule has 0 saturated heterocycles. The summed E-state index contributed by atoms with van der Waals surface area (Å²) in [7, 11) is 0. The Morgan fingerprint density at radius 2 is 0.681 bits per heavy atom. The van der Waals surface area contributed by atoms with Crippen molar-refractivity contribution in [2.75, 3.05) is 0 Å². The highest BCUT2D eigenvalue weighted by Gasteiger charge is 2.25. The quantitative estimate of drug-likeness (QED) is 0.0976. The molecule has 0 aliphatic rings. The largest absolute Gasteiger partial charge is 0.508 e. The van der Waals surface area contributed by atoms with Gasteiger partial charge in [0.05, 0.1) is 0 Å². The molecule has 5 rings (SSSR count). The van der Waals surface area contributed by atoms with Gasteiger partial charge in [0.25, 0.3) is 0 Å². The van der Waals surface area contributed by atoms with Crippen molar-refractivity contribution in [2.45, 2.75) is 0 Å². The van der Waals surface area contributed by atoms with Crippen LogP contribution < -0.4 is 18.9 Å². The molecule has 0 spiro atoms. The molecule has 0 amide bonds. The Balaban J connectivity index is 1.53. The smallest absolute Gasteiger partial charge is 0.215 e. The first kappa shape index (κ1) is 31.1. The van der Waals surface area contributed by atoms with Crippen molar-refractivity contribution >= 4 is 0 Å². The molecule has 13 N–H and O–H groups in total. The highest BCUT2D eigenvalue weighted by Crippen LogP contribution is 2.54. The Morgan fingerprint density at radius 1 is 0.277 bits per heavy atom. The van der Waals surface area contributed by atoms with Gasteiger partial charge in [0, 0.05) is 54.6 Å². The van der Waals surface area contributed by atoms with Crippen molar-refractivity contribution in [3.8, 4) is 121 Å². The molecule has 0 aliphatic heterocycles. The third kappa shape index (κ3) is 6.07. The van der Waals surface area contributed by atoms with E-state index in [1.165, 1.54) is 0 Å². The van der Waals surface area contributed by atoms with Crippen LogP contribution in [0, 0.1) is 0 Å². The van der Waals surface area contributed by atoms with Gasteiger partial charge in [0.2, 0.25) is 40.2 Å². The molecule has 0 aromatic heterocycles. The highest BCUT2D eigenvalue weighted by atomic mass is 16.5. The van der Waals surface area contributed by atoms with Gasteiger partial charge in [0.1, 0.15) is 23.0 Å². The van der Waals surface area contributed by atoms with Gasteiger partial charge in [-0.3, -0.25) is 0 Å². The fourth-order valence-electron chi connectivity index (χ4n) is 4.00. The van der Waals surface area contributed by atoms with Crippen LogP contribution in [-0.4, -0.2) is 66.4 Å². The zero-order valence-corrected chi connectivity index (χ0v) is 23.1. The molecule has 0 fully saturated rings. The predicted octanol–water partition coefficient (Wildman–Crippen LogP) is 5.03. The zero-order chi connectivity index (χ0) is 34.3. The first-order valence-corrected chi connectivity index (χ1v) is 12.7. The third-order valence-corrected chi connectivity index (χ3v) is 6.20. The van der Waals surface area contributed by atoms with E-state index < -0.39 is 109 Å². The van der Waals surface area contributed by atoms with Crippen LogP contribution in [0.3, 0.4) is 0 Å². The zero-order valence-electron chi connectivity index (χ0n) is 23.1. The number of ether oxygens (including phenoxy) is 4. The summed E-state index contributed by atoms with van der Waals surface area (Å²) in [6.45, 7) is 0. The van der Waals surface area contributed by atoms with Crippen LogP contribution in [-0.2, 0) is 0 Å². The molecule has 0 saturated carbocycles. The van der Waals surface area contributed by atoms with Crippen LogP contribution in [0.5, 0.6) is 121 Å². The maximum Gasteiger partial charge on any atom is 0.215 e. The lowest BCUT2D eigenvalue weighted by molar-refractivity contribution is 0.325. The van der Waals surface area contributed by atoms with Crippen LogP contribution in [0.15, 0.2) is 54.6 Å². The number of aromatic hydroxyl groups is 13. The van der Waals surface area contributed by atoms with Gasteiger partial charge in [-0.15, -0.1) is 0 Å². The molecule has 0 atom stereocenters. The van der Waals surface area contributed by atoms with Crippen molar-refractivity contribution < 1.29 is 85.3 Å². The van der Waals surface area contributed by atoms with Gasteiger partial charge in [-0.1, -0.05) is 0 Å². The van der Waals surface area contributed by atoms with E-state index in [9.17, 15) is 66.4 Å². The number of rotatable bonds is 8. The van der Waals surface area contributed by atoms with E-state index in [1.807, 2.05) is 0 Å². The fraction of sp³-hybridized carbons (Fsp3) is 0. The lowest BCUT2D eigenvalue weighted by atomic mass is 10.2. The van der Waals surface area contributed by atoms with Gasteiger partial charge in [0.15, 0.2) is 57.5 Å². The molecule has 17 heteroatoms. The summed E-state index contributed by atoms with van der Waals surface area (Å²) in [6, 6.07) is 7.64. The predicted molar refractivity (Wildman–Crippen MR) is 154 cm³/mol. The molecular formula is C30H22O17. The maximum absolute atomic E-state index is 10.6. The minimum Gasteiger partial charge on any atom is -0.508 e. The van der Waals surface area contributed by atoms with Crippen molar-refractivity contribution in [1.29, 1.82) is 0 Å². The Bertz CT molecular complexity index is 1990. The Morgan fingerprint density at radius 3 is 1.19 bits per heavy atom. The van der Waals surface area contributed by atoms with Crippen LogP contribution in [0.4, 0.5) is 0 Å². The van der Waals surface area contributed by atoms with Crippen molar-refractivity contribution in [3.05, 3.63) is 54.6 Å². The summed E-state index contributed by atoms with van der Waals surface area (Å²) in [5.74, 6) is -15.4. The number of phenolic OH excluding ortho intramolecular Hbond substituents is 13. The van der Waals surface area contributed by atoms with Gasteiger partial charge < -0.3 is 85.3 Å². The molecule has 0 unspecified atom stereocenters. The summed E-state index contributed by atoms with van der Waals surface area (Å²) in [4.78, 5) is 0. The van der Waals surface area contributed by atoms with Gasteiger partial charge in [-0.05, 0) is 0 Å². The van der Waals surface area contributed by atoms with Crippen LogP contribution in [0.2, 0.25) is 0 Å². The van der Waals surface area contributed by atoms with Gasteiger partial charge in [-0.2, -0.15) is 0 Å². The molecule has 5 aromatic carbocycles. The standard InChI is InChI=1S/C30H22O17/c31-10-1-19(37)29(20(38)2-10)45-12-5-17(35)26(41)22(8-12)47-23-9-18(36)27(42)28(43)30(23)46-13-6-16(34)25(40)21(7-13)44-11-3-14(32)24(39)15(33)4-11/h1-9,31-43H. The molecule has 244 valence electrons. The second kappa shape index (κ2) is 11.7. The molecule has 0 radical (unpaired) electrons. The van der Waals surface area contributed by atoms with E-state index in [1.54, 1.807) is 0 Å². The monoisotopic (exact) mass is 654 g/mol. The summed E-state index contributed by atoms with van der Waals surface area (Å²) in [5.41, 5.74) is 0. The van der Waals surface area contributed by atoms with Crippen molar-refractivity contribution in [1.82, 2.24) is 0 Å². The molecule has 47 heavy (non-hydrogen) atoms. The Labute approximate surface area is 260 Å². The number of hydrogen-bond donors (Lipinski definition) is 13. The average Bonchev–Trinajstić information content (AvgIpc) is 2.99. The summed E-state index contributed by atoms with van der Waals surface area (Å²) < 4.78 is 21.9. The SMILES string of the molecule is Oc1cc(O)c(Oc2cc(O)c(O)c(Oc3cc(O)c(O)c(O)c3Oc3cc(O)c(O)c(Oc4cc(O)c(O)c(O)c4)c3)c2)c(O)c1. The molecule has 0 heterocycles. The number of benzene rings is 5. The molecule has 17 nitrogen and oxygen atoms in total. The number of hydrogen-bond acceptors (Lipinski definition) is 17. The van der Waals surface area contributed by atoms with Crippen LogP contribution >= 0.6 is 0 Å². The van der Waals surface area contributed by atoms with E-state index in [0.29, 0.717) is 6.07 Å². The first-order valence-electron chi connectivity index (χ1n) is 12.7. The lowest BCUT2D eigenvalue weighted by Crippen LogP contribution is -1.94. The van der Waals surface area contributed by atoms with Crippen molar-refractivity contribution in [3.63, 3.8) is 0 Å². The van der Waals surface area contributed by atoms with E-state index in [0.717, 1.165) is 48.5 Å². The van der Waals surface area contributed by atoms with Crippen molar-refractivity contribution in [2.24, 2.45) is 0 Å². The van der Waals surface area contributed by atoms with Crippen LogP contribution in [0.25, 0.3) is 0 Å².